The van der Waals surface area contributed by atoms with Crippen LogP contribution in [0.2, 0.25) is 0 Å². The molecule has 1 aliphatic rings. The Kier molecular flexibility index (Phi) is 4.46. The largest absolute Gasteiger partial charge is 0.391 e. The second-order valence-corrected chi connectivity index (χ2v) is 8.13. The summed E-state index contributed by atoms with van der Waals surface area (Å²) >= 11 is 3.42. The lowest BCUT2D eigenvalue weighted by Crippen LogP contribution is -2.24. The molecule has 3 rings (SSSR count). The number of benzene rings is 2. The Morgan fingerprint density at radius 1 is 1.09 bits per heavy atom. The first-order valence-corrected chi connectivity index (χ1v) is 9.51. The van der Waals surface area contributed by atoms with Crippen LogP contribution in [-0.2, 0) is 10.0 Å². The number of aliphatic hydroxyl groups excluding tert-OH is 1. The lowest BCUT2D eigenvalue weighted by atomic mass is 10.0. The molecule has 0 spiro atoms. The molecule has 122 valence electrons. The van der Waals surface area contributed by atoms with Gasteiger partial charge in [0.25, 0.3) is 0 Å². The number of hydrogen-bond donors (Lipinski definition) is 2. The number of hydrogen-bond acceptors (Lipinski definition) is 4. The van der Waals surface area contributed by atoms with Crippen LogP contribution in [0.25, 0.3) is 0 Å². The highest BCUT2D eigenvalue weighted by molar-refractivity contribution is 9.10. The van der Waals surface area contributed by atoms with E-state index in [1.807, 2.05) is 24.3 Å². The van der Waals surface area contributed by atoms with Gasteiger partial charge < -0.3 is 10.0 Å². The van der Waals surface area contributed by atoms with Crippen LogP contribution >= 0.6 is 15.9 Å². The van der Waals surface area contributed by atoms with E-state index in [2.05, 4.69) is 20.8 Å². The van der Waals surface area contributed by atoms with Gasteiger partial charge in [-0.25, -0.2) is 13.6 Å². The second-order valence-electron chi connectivity index (χ2n) is 5.65. The predicted molar refractivity (Wildman–Crippen MR) is 92.7 cm³/mol. The molecule has 1 fully saturated rings. The van der Waals surface area contributed by atoms with Crippen LogP contribution in [0, 0.1) is 0 Å². The molecule has 0 aliphatic carbocycles. The molecular formula is C16H17BrN2O3S. The van der Waals surface area contributed by atoms with Crippen LogP contribution in [0.5, 0.6) is 0 Å². The average molecular weight is 397 g/mol. The van der Waals surface area contributed by atoms with Crippen molar-refractivity contribution in [2.45, 2.75) is 23.5 Å². The van der Waals surface area contributed by atoms with E-state index in [-0.39, 0.29) is 10.9 Å². The molecule has 2 aromatic rings. The molecule has 1 heterocycles. The zero-order valence-corrected chi connectivity index (χ0v) is 14.7. The van der Waals surface area contributed by atoms with Gasteiger partial charge in [-0.1, -0.05) is 28.1 Å². The van der Waals surface area contributed by atoms with Crippen molar-refractivity contribution in [1.82, 2.24) is 0 Å². The number of rotatable bonds is 3. The van der Waals surface area contributed by atoms with Gasteiger partial charge in [-0.15, -0.1) is 0 Å². The maximum Gasteiger partial charge on any atom is 0.238 e. The quantitative estimate of drug-likeness (QED) is 0.833. The van der Waals surface area contributed by atoms with E-state index in [1.54, 1.807) is 12.1 Å². The summed E-state index contributed by atoms with van der Waals surface area (Å²) in [7, 11) is -3.70. The Hall–Kier alpha value is -1.41. The minimum Gasteiger partial charge on any atom is -0.391 e. The molecule has 1 aliphatic heterocycles. The topological polar surface area (TPSA) is 83.6 Å². The third-order valence-corrected chi connectivity index (χ3v) is 5.49. The van der Waals surface area contributed by atoms with Gasteiger partial charge >= 0.3 is 0 Å². The average Bonchev–Trinajstić information content (AvgIpc) is 2.89. The molecule has 2 atom stereocenters. The molecule has 5 nitrogen and oxygen atoms in total. The van der Waals surface area contributed by atoms with E-state index in [0.29, 0.717) is 13.0 Å². The molecule has 7 heteroatoms. The summed E-state index contributed by atoms with van der Waals surface area (Å²) < 4.78 is 23.7. The molecule has 0 amide bonds. The fourth-order valence-corrected chi connectivity index (χ4v) is 3.71. The zero-order chi connectivity index (χ0) is 16.6. The Morgan fingerprint density at radius 3 is 2.26 bits per heavy atom. The highest BCUT2D eigenvalue weighted by atomic mass is 79.9. The summed E-state index contributed by atoms with van der Waals surface area (Å²) in [5.41, 5.74) is 1.97. The van der Waals surface area contributed by atoms with E-state index in [4.69, 9.17) is 5.14 Å². The van der Waals surface area contributed by atoms with Crippen LogP contribution in [0.15, 0.2) is 57.9 Å². The number of aliphatic hydroxyl groups is 1. The minimum absolute atomic E-state index is 0.0541. The zero-order valence-electron chi connectivity index (χ0n) is 12.3. The van der Waals surface area contributed by atoms with Crippen molar-refractivity contribution < 1.29 is 13.5 Å². The van der Waals surface area contributed by atoms with Gasteiger partial charge in [-0.3, -0.25) is 0 Å². The fraction of sp³-hybridized carbons (Fsp3) is 0.250. The van der Waals surface area contributed by atoms with Crippen LogP contribution < -0.4 is 10.0 Å². The van der Waals surface area contributed by atoms with Crippen molar-refractivity contribution >= 4 is 31.6 Å². The maximum absolute atomic E-state index is 11.4. The Balaban J connectivity index is 1.92. The van der Waals surface area contributed by atoms with Gasteiger partial charge in [0.2, 0.25) is 10.0 Å². The number of anilines is 1. The molecule has 23 heavy (non-hydrogen) atoms. The minimum atomic E-state index is -3.70. The molecule has 0 bridgehead atoms. The molecule has 2 unspecified atom stereocenters. The Labute approximate surface area is 143 Å². The Bertz CT molecular complexity index is 791. The van der Waals surface area contributed by atoms with Gasteiger partial charge in [0.05, 0.1) is 17.0 Å². The molecule has 1 saturated heterocycles. The first-order chi connectivity index (χ1) is 10.8. The van der Waals surface area contributed by atoms with Crippen molar-refractivity contribution in [1.29, 1.82) is 0 Å². The monoisotopic (exact) mass is 396 g/mol. The van der Waals surface area contributed by atoms with Crippen LogP contribution in [0.4, 0.5) is 5.69 Å². The summed E-state index contributed by atoms with van der Waals surface area (Å²) in [5, 5.41) is 15.2. The number of β-amino-alcohol motifs (C(OH)–C–C–N with tert-alkyl or cyclic N) is 1. The lowest BCUT2D eigenvalue weighted by molar-refractivity contribution is 0.194. The highest BCUT2D eigenvalue weighted by Crippen LogP contribution is 2.36. The van der Waals surface area contributed by atoms with Gasteiger partial charge in [0, 0.05) is 16.7 Å². The number of primary sulfonamides is 1. The summed E-state index contributed by atoms with van der Waals surface area (Å²) in [4.78, 5) is 2.17. The first-order valence-electron chi connectivity index (χ1n) is 7.17. The highest BCUT2D eigenvalue weighted by Gasteiger charge is 2.32. The van der Waals surface area contributed by atoms with Crippen molar-refractivity contribution in [3.63, 3.8) is 0 Å². The molecule has 0 radical (unpaired) electrons. The van der Waals surface area contributed by atoms with E-state index in [1.165, 1.54) is 12.1 Å². The molecular weight excluding hydrogens is 380 g/mol. The normalized spacial score (nSPS) is 21.6. The van der Waals surface area contributed by atoms with Crippen LogP contribution in [-0.4, -0.2) is 26.2 Å². The van der Waals surface area contributed by atoms with Crippen molar-refractivity contribution in [3.8, 4) is 0 Å². The number of halogens is 1. The van der Waals surface area contributed by atoms with E-state index < -0.39 is 16.1 Å². The molecule has 0 saturated carbocycles. The molecule has 2 aromatic carbocycles. The van der Waals surface area contributed by atoms with Crippen LogP contribution in [0.3, 0.4) is 0 Å². The smallest absolute Gasteiger partial charge is 0.238 e. The van der Waals surface area contributed by atoms with E-state index >= 15 is 0 Å². The van der Waals surface area contributed by atoms with Crippen molar-refractivity contribution in [2.75, 3.05) is 11.4 Å². The van der Waals surface area contributed by atoms with Gasteiger partial charge in [-0.2, -0.15) is 0 Å². The van der Waals surface area contributed by atoms with E-state index in [9.17, 15) is 13.5 Å². The van der Waals surface area contributed by atoms with Gasteiger partial charge in [0.1, 0.15) is 0 Å². The summed E-state index contributed by atoms with van der Waals surface area (Å²) in [5.74, 6) is 0. The summed E-state index contributed by atoms with van der Waals surface area (Å²) in [6.07, 6.45) is 0.222. The van der Waals surface area contributed by atoms with Gasteiger partial charge in [0.15, 0.2) is 0 Å². The van der Waals surface area contributed by atoms with Crippen molar-refractivity contribution in [3.05, 3.63) is 58.6 Å². The number of nitrogens with two attached hydrogens (primary N) is 1. The molecule has 0 aromatic heterocycles. The summed E-state index contributed by atoms with van der Waals surface area (Å²) in [6, 6.07) is 14.5. The third kappa shape index (κ3) is 3.58. The number of sulfonamides is 1. The number of nitrogens with zero attached hydrogens (tertiary/aromatic N) is 1. The second kappa shape index (κ2) is 6.24. The van der Waals surface area contributed by atoms with Gasteiger partial charge in [-0.05, 0) is 48.4 Å². The lowest BCUT2D eigenvalue weighted by Gasteiger charge is -2.27. The SMILES string of the molecule is NS(=O)(=O)c1ccc(N2CC(O)CC2c2ccc(Br)cc2)cc1. The standard InChI is InChI=1S/C16H17BrN2O3S/c17-12-3-1-11(2-4-12)16-9-14(20)10-19(16)13-5-7-15(8-6-13)23(18,21)22/h1-8,14,16,20H,9-10H2,(H2,18,21,22). The summed E-state index contributed by atoms with van der Waals surface area (Å²) in [6.45, 7) is 0.509. The van der Waals surface area contributed by atoms with E-state index in [0.717, 1.165) is 15.7 Å². The Morgan fingerprint density at radius 2 is 1.70 bits per heavy atom. The maximum atomic E-state index is 11.4. The fourth-order valence-electron chi connectivity index (χ4n) is 2.93. The van der Waals surface area contributed by atoms with Crippen molar-refractivity contribution in [2.24, 2.45) is 5.14 Å². The first kappa shape index (κ1) is 16.4. The molecule has 3 N–H and O–H groups in total. The van der Waals surface area contributed by atoms with Crippen LogP contribution in [0.1, 0.15) is 18.0 Å². The predicted octanol–water partition coefficient (Wildman–Crippen LogP) is 2.41. The third-order valence-electron chi connectivity index (χ3n) is 4.03.